The van der Waals surface area contributed by atoms with E-state index in [0.717, 1.165) is 12.1 Å². The zero-order valence-corrected chi connectivity index (χ0v) is 13.7. The average molecular weight is 317 g/mol. The SMILES string of the molecule is CC(C)C(CNS(=O)(=O)c1ccc(F)c(CO)c1)C(C)C. The van der Waals surface area contributed by atoms with Crippen LogP contribution in [-0.2, 0) is 16.6 Å². The third-order valence-corrected chi connectivity index (χ3v) is 5.14. The Balaban J connectivity index is 2.91. The molecular formula is C15H24FNO3S. The van der Waals surface area contributed by atoms with Crippen LogP contribution in [-0.4, -0.2) is 20.1 Å². The van der Waals surface area contributed by atoms with Crippen molar-refractivity contribution in [3.8, 4) is 0 Å². The number of hydrogen-bond donors (Lipinski definition) is 2. The fourth-order valence-corrected chi connectivity index (χ4v) is 3.49. The molecule has 0 unspecified atom stereocenters. The van der Waals surface area contributed by atoms with Gasteiger partial charge in [0.2, 0.25) is 10.0 Å². The van der Waals surface area contributed by atoms with Crippen molar-refractivity contribution in [3.05, 3.63) is 29.6 Å². The number of benzene rings is 1. The summed E-state index contributed by atoms with van der Waals surface area (Å²) in [6, 6.07) is 3.43. The molecule has 0 aromatic heterocycles. The highest BCUT2D eigenvalue weighted by Crippen LogP contribution is 2.21. The Hall–Kier alpha value is -0.980. The third-order valence-electron chi connectivity index (χ3n) is 3.72. The molecule has 0 saturated carbocycles. The number of aliphatic hydroxyl groups excluding tert-OH is 1. The van der Waals surface area contributed by atoms with Crippen LogP contribution in [0.3, 0.4) is 0 Å². The van der Waals surface area contributed by atoms with Gasteiger partial charge in [-0.05, 0) is 36.0 Å². The van der Waals surface area contributed by atoms with E-state index in [2.05, 4.69) is 32.4 Å². The van der Waals surface area contributed by atoms with Gasteiger partial charge in [0.05, 0.1) is 11.5 Å². The molecule has 2 N–H and O–H groups in total. The van der Waals surface area contributed by atoms with E-state index in [4.69, 9.17) is 5.11 Å². The minimum absolute atomic E-state index is 0.0258. The van der Waals surface area contributed by atoms with E-state index in [1.54, 1.807) is 0 Å². The highest BCUT2D eigenvalue weighted by atomic mass is 32.2. The average Bonchev–Trinajstić information content (AvgIpc) is 2.38. The summed E-state index contributed by atoms with van der Waals surface area (Å²) < 4.78 is 40.4. The van der Waals surface area contributed by atoms with Gasteiger partial charge >= 0.3 is 0 Å². The maximum Gasteiger partial charge on any atom is 0.240 e. The highest BCUT2D eigenvalue weighted by Gasteiger charge is 2.22. The molecule has 0 atom stereocenters. The molecule has 0 aliphatic rings. The fraction of sp³-hybridized carbons (Fsp3) is 0.600. The number of rotatable bonds is 7. The van der Waals surface area contributed by atoms with Gasteiger partial charge in [-0.15, -0.1) is 0 Å². The Morgan fingerprint density at radius 3 is 2.24 bits per heavy atom. The van der Waals surface area contributed by atoms with Gasteiger partial charge in [0.1, 0.15) is 5.82 Å². The number of hydrogen-bond acceptors (Lipinski definition) is 3. The summed E-state index contributed by atoms with van der Waals surface area (Å²) in [7, 11) is -3.70. The maximum absolute atomic E-state index is 13.3. The molecule has 1 aromatic carbocycles. The van der Waals surface area contributed by atoms with Gasteiger partial charge in [-0.3, -0.25) is 0 Å². The van der Waals surface area contributed by atoms with Gasteiger partial charge in [-0.1, -0.05) is 27.7 Å². The monoisotopic (exact) mass is 317 g/mol. The topological polar surface area (TPSA) is 66.4 Å². The van der Waals surface area contributed by atoms with Gasteiger partial charge in [0.25, 0.3) is 0 Å². The van der Waals surface area contributed by atoms with Crippen molar-refractivity contribution in [3.63, 3.8) is 0 Å². The Morgan fingerprint density at radius 2 is 1.76 bits per heavy atom. The second kappa shape index (κ2) is 7.33. The van der Waals surface area contributed by atoms with Crippen molar-refractivity contribution >= 4 is 10.0 Å². The van der Waals surface area contributed by atoms with E-state index in [-0.39, 0.29) is 16.4 Å². The predicted molar refractivity (Wildman–Crippen MR) is 80.7 cm³/mol. The molecule has 0 aliphatic heterocycles. The van der Waals surface area contributed by atoms with Crippen molar-refractivity contribution in [2.24, 2.45) is 17.8 Å². The predicted octanol–water partition coefficient (Wildman–Crippen LogP) is 2.52. The third kappa shape index (κ3) is 4.76. The van der Waals surface area contributed by atoms with Crippen LogP contribution in [0.5, 0.6) is 0 Å². The summed E-state index contributed by atoms with van der Waals surface area (Å²) in [5, 5.41) is 9.02. The number of aliphatic hydroxyl groups is 1. The molecular weight excluding hydrogens is 293 g/mol. The molecule has 0 saturated heterocycles. The quantitative estimate of drug-likeness (QED) is 0.812. The molecule has 1 rings (SSSR count). The van der Waals surface area contributed by atoms with E-state index >= 15 is 0 Å². The lowest BCUT2D eigenvalue weighted by Crippen LogP contribution is -2.34. The zero-order chi connectivity index (χ0) is 16.2. The van der Waals surface area contributed by atoms with Crippen LogP contribution in [0.15, 0.2) is 23.1 Å². The fourth-order valence-electron chi connectivity index (χ4n) is 2.37. The van der Waals surface area contributed by atoms with Gasteiger partial charge in [-0.25, -0.2) is 17.5 Å². The van der Waals surface area contributed by atoms with E-state index in [0.29, 0.717) is 18.4 Å². The molecule has 21 heavy (non-hydrogen) atoms. The summed E-state index contributed by atoms with van der Waals surface area (Å²) in [5.41, 5.74) is -0.0258. The Kier molecular flexibility index (Phi) is 6.31. The molecule has 0 fully saturated rings. The van der Waals surface area contributed by atoms with Crippen LogP contribution < -0.4 is 4.72 Å². The minimum Gasteiger partial charge on any atom is -0.392 e. The number of nitrogens with one attached hydrogen (secondary N) is 1. The summed E-state index contributed by atoms with van der Waals surface area (Å²) in [4.78, 5) is -0.0285. The molecule has 0 bridgehead atoms. The minimum atomic E-state index is -3.70. The van der Waals surface area contributed by atoms with E-state index < -0.39 is 22.4 Å². The summed E-state index contributed by atoms with van der Waals surface area (Å²) >= 11 is 0. The molecule has 6 heteroatoms. The smallest absolute Gasteiger partial charge is 0.240 e. The second-order valence-electron chi connectivity index (χ2n) is 5.92. The first-order valence-corrected chi connectivity index (χ1v) is 8.56. The van der Waals surface area contributed by atoms with Crippen molar-refractivity contribution in [1.29, 1.82) is 0 Å². The molecule has 0 heterocycles. The summed E-state index contributed by atoms with van der Waals surface area (Å²) in [6.45, 7) is 8.03. The second-order valence-corrected chi connectivity index (χ2v) is 7.68. The normalized spacial score (nSPS) is 12.6. The highest BCUT2D eigenvalue weighted by molar-refractivity contribution is 7.89. The van der Waals surface area contributed by atoms with Gasteiger partial charge in [0, 0.05) is 12.1 Å². The van der Waals surface area contributed by atoms with Crippen LogP contribution >= 0.6 is 0 Å². The molecule has 4 nitrogen and oxygen atoms in total. The number of halogens is 1. The number of sulfonamides is 1. The van der Waals surface area contributed by atoms with Crippen molar-refractivity contribution in [2.45, 2.75) is 39.2 Å². The van der Waals surface area contributed by atoms with Crippen molar-refractivity contribution < 1.29 is 17.9 Å². The largest absolute Gasteiger partial charge is 0.392 e. The lowest BCUT2D eigenvalue weighted by molar-refractivity contribution is 0.275. The first kappa shape index (κ1) is 18.1. The summed E-state index contributed by atoms with van der Waals surface area (Å²) in [5.74, 6) is 0.319. The molecule has 0 radical (unpaired) electrons. The molecule has 1 aromatic rings. The zero-order valence-electron chi connectivity index (χ0n) is 12.9. The Morgan fingerprint density at radius 1 is 1.19 bits per heavy atom. The van der Waals surface area contributed by atoms with Gasteiger partial charge in [-0.2, -0.15) is 0 Å². The molecule has 0 spiro atoms. The van der Waals surface area contributed by atoms with E-state index in [1.165, 1.54) is 6.07 Å². The van der Waals surface area contributed by atoms with Crippen LogP contribution in [0, 0.1) is 23.6 Å². The standard InChI is InChI=1S/C15H24FNO3S/c1-10(2)14(11(3)4)8-17-21(19,20)13-5-6-15(16)12(7-13)9-18/h5-7,10-11,14,17-18H,8-9H2,1-4H3. The van der Waals surface area contributed by atoms with Crippen molar-refractivity contribution in [2.75, 3.05) is 6.54 Å². The maximum atomic E-state index is 13.3. The van der Waals surface area contributed by atoms with Crippen molar-refractivity contribution in [1.82, 2.24) is 4.72 Å². The lowest BCUT2D eigenvalue weighted by atomic mass is 9.86. The Bertz CT molecular complexity index is 562. The van der Waals surface area contributed by atoms with Crippen LogP contribution in [0.2, 0.25) is 0 Å². The van der Waals surface area contributed by atoms with E-state index in [1.807, 2.05) is 0 Å². The molecule has 120 valence electrons. The van der Waals surface area contributed by atoms with Crippen LogP contribution in [0.25, 0.3) is 0 Å². The van der Waals surface area contributed by atoms with Crippen LogP contribution in [0.1, 0.15) is 33.3 Å². The van der Waals surface area contributed by atoms with Crippen LogP contribution in [0.4, 0.5) is 4.39 Å². The summed E-state index contributed by atoms with van der Waals surface area (Å²) in [6.07, 6.45) is 0. The molecule has 0 aliphatic carbocycles. The first-order chi connectivity index (χ1) is 9.69. The van der Waals surface area contributed by atoms with E-state index in [9.17, 15) is 12.8 Å². The molecule has 0 amide bonds. The van der Waals surface area contributed by atoms with Gasteiger partial charge < -0.3 is 5.11 Å². The Labute approximate surface area is 126 Å². The lowest BCUT2D eigenvalue weighted by Gasteiger charge is -2.25. The van der Waals surface area contributed by atoms with Gasteiger partial charge in [0.15, 0.2) is 0 Å². The first-order valence-electron chi connectivity index (χ1n) is 7.08.